The number of fused-ring (bicyclic) bond motifs is 1. The van der Waals surface area contributed by atoms with Gasteiger partial charge < -0.3 is 14.8 Å². The zero-order valence-electron chi connectivity index (χ0n) is 11.3. The first-order valence-electron chi connectivity index (χ1n) is 5.95. The third-order valence-electron chi connectivity index (χ3n) is 2.52. The van der Waals surface area contributed by atoms with Crippen molar-refractivity contribution in [3.63, 3.8) is 0 Å². The van der Waals surface area contributed by atoms with Crippen LogP contribution in [0.1, 0.15) is 20.8 Å². The third kappa shape index (κ3) is 2.81. The monoisotopic (exact) mass is 280 g/mol. The Bertz CT molecular complexity index is 663. The van der Waals surface area contributed by atoms with E-state index in [2.05, 4.69) is 4.98 Å². The van der Waals surface area contributed by atoms with Gasteiger partial charge in [-0.1, -0.05) is 0 Å². The number of pyridine rings is 1. The molecule has 0 bridgehead atoms. The minimum absolute atomic E-state index is 0.110. The number of nitrogens with zero attached hydrogens (tertiary/aromatic N) is 2. The summed E-state index contributed by atoms with van der Waals surface area (Å²) < 4.78 is 19.3. The van der Waals surface area contributed by atoms with Gasteiger partial charge in [-0.2, -0.15) is 4.39 Å². The highest BCUT2D eigenvalue weighted by Gasteiger charge is 2.27. The van der Waals surface area contributed by atoms with E-state index in [0.717, 1.165) is 16.8 Å². The highest BCUT2D eigenvalue weighted by atomic mass is 19.1. The molecule has 0 fully saturated rings. The van der Waals surface area contributed by atoms with Crippen molar-refractivity contribution in [1.82, 2.24) is 9.55 Å². The minimum Gasteiger partial charge on any atom is -0.443 e. The minimum atomic E-state index is -1.89. The Labute approximate surface area is 114 Å². The van der Waals surface area contributed by atoms with Crippen LogP contribution in [0.5, 0.6) is 0 Å². The van der Waals surface area contributed by atoms with Crippen LogP contribution in [0.15, 0.2) is 18.3 Å². The molecule has 0 amide bonds. The Morgan fingerprint density at radius 1 is 1.40 bits per heavy atom. The van der Waals surface area contributed by atoms with E-state index in [4.69, 9.17) is 4.74 Å². The molecule has 0 radical (unpaired) electrons. The molecule has 0 saturated carbocycles. The number of hydrogen-bond donors (Lipinski definition) is 2. The molecule has 0 aliphatic heterocycles. The van der Waals surface area contributed by atoms with Gasteiger partial charge in [0.2, 0.25) is 5.95 Å². The van der Waals surface area contributed by atoms with E-state index in [1.54, 1.807) is 20.8 Å². The van der Waals surface area contributed by atoms with Crippen molar-refractivity contribution in [2.45, 2.75) is 26.4 Å². The first-order valence-corrected chi connectivity index (χ1v) is 5.95. The summed E-state index contributed by atoms with van der Waals surface area (Å²) in [7, 11) is -1.89. The van der Waals surface area contributed by atoms with Crippen LogP contribution < -0.4 is 5.59 Å². The molecule has 2 N–H and O–H groups in total. The zero-order chi connectivity index (χ0) is 15.1. The van der Waals surface area contributed by atoms with E-state index < -0.39 is 24.8 Å². The number of rotatable bonds is 1. The van der Waals surface area contributed by atoms with Gasteiger partial charge in [-0.15, -0.1) is 0 Å². The number of aromatic nitrogens is 2. The predicted octanol–water partition coefficient (Wildman–Crippen LogP) is 0.638. The summed E-state index contributed by atoms with van der Waals surface area (Å²) in [6.45, 7) is 5.05. The number of ether oxygens (including phenoxy) is 1. The van der Waals surface area contributed by atoms with Crippen LogP contribution in [0.25, 0.3) is 10.9 Å². The summed E-state index contributed by atoms with van der Waals surface area (Å²) in [5.41, 5.74) is -0.621. The second-order valence-electron chi connectivity index (χ2n) is 5.32. The maximum Gasteiger partial charge on any atom is 0.506 e. The summed E-state index contributed by atoms with van der Waals surface area (Å²) in [4.78, 5) is 15.6. The van der Waals surface area contributed by atoms with Crippen molar-refractivity contribution >= 4 is 29.7 Å². The summed E-state index contributed by atoms with van der Waals surface area (Å²) in [6, 6.07) is 2.40. The van der Waals surface area contributed by atoms with Crippen molar-refractivity contribution in [3.05, 3.63) is 24.3 Å². The van der Waals surface area contributed by atoms with Gasteiger partial charge in [0, 0.05) is 11.5 Å². The van der Waals surface area contributed by atoms with Gasteiger partial charge in [0.05, 0.1) is 17.3 Å². The predicted molar refractivity (Wildman–Crippen MR) is 71.1 cm³/mol. The fraction of sp³-hybridized carbons (Fsp3) is 0.333. The summed E-state index contributed by atoms with van der Waals surface area (Å²) >= 11 is 0. The lowest BCUT2D eigenvalue weighted by Crippen LogP contribution is -2.41. The van der Waals surface area contributed by atoms with Crippen molar-refractivity contribution in [1.29, 1.82) is 0 Å². The molecule has 0 aliphatic rings. The molecule has 0 aliphatic carbocycles. The second kappa shape index (κ2) is 4.88. The molecule has 106 valence electrons. The molecule has 2 aromatic rings. The number of hydrogen-bond acceptors (Lipinski definition) is 5. The van der Waals surface area contributed by atoms with E-state index in [-0.39, 0.29) is 11.1 Å². The Balaban J connectivity index is 2.60. The number of carbonyl (C=O) groups is 1. The third-order valence-corrected chi connectivity index (χ3v) is 2.52. The normalized spacial score (nSPS) is 11.7. The molecule has 6 nitrogen and oxygen atoms in total. The summed E-state index contributed by atoms with van der Waals surface area (Å²) in [5, 5.41) is 19.0. The molecule has 20 heavy (non-hydrogen) atoms. The smallest absolute Gasteiger partial charge is 0.443 e. The maximum absolute atomic E-state index is 13.1. The fourth-order valence-electron chi connectivity index (χ4n) is 1.80. The van der Waals surface area contributed by atoms with Crippen molar-refractivity contribution in [2.24, 2.45) is 0 Å². The van der Waals surface area contributed by atoms with E-state index >= 15 is 0 Å². The highest BCUT2D eigenvalue weighted by molar-refractivity contribution is 6.59. The average molecular weight is 280 g/mol. The van der Waals surface area contributed by atoms with Gasteiger partial charge in [0.25, 0.3) is 0 Å². The Morgan fingerprint density at radius 3 is 2.60 bits per heavy atom. The molecule has 2 heterocycles. The Morgan fingerprint density at radius 2 is 2.05 bits per heavy atom. The van der Waals surface area contributed by atoms with Gasteiger partial charge in [-0.3, -0.25) is 4.57 Å². The average Bonchev–Trinajstić information content (AvgIpc) is 2.64. The van der Waals surface area contributed by atoms with Gasteiger partial charge in [-0.05, 0) is 26.8 Å². The quantitative estimate of drug-likeness (QED) is 0.591. The summed E-state index contributed by atoms with van der Waals surface area (Å²) in [5.74, 6) is -0.724. The van der Waals surface area contributed by atoms with E-state index in [0.29, 0.717) is 5.39 Å². The largest absolute Gasteiger partial charge is 0.506 e. The van der Waals surface area contributed by atoms with E-state index in [1.807, 2.05) is 0 Å². The SMILES string of the molecule is CC(C)(C)OC(=O)n1c(B(O)O)cc2cc(F)ncc21. The lowest BCUT2D eigenvalue weighted by molar-refractivity contribution is 0.0547. The van der Waals surface area contributed by atoms with E-state index in [9.17, 15) is 19.2 Å². The van der Waals surface area contributed by atoms with Crippen LogP contribution in [0.2, 0.25) is 0 Å². The molecular weight excluding hydrogens is 266 g/mol. The van der Waals surface area contributed by atoms with Crippen molar-refractivity contribution in [2.75, 3.05) is 0 Å². The molecule has 0 saturated heterocycles. The zero-order valence-corrected chi connectivity index (χ0v) is 11.3. The molecule has 0 aromatic carbocycles. The van der Waals surface area contributed by atoms with Gasteiger partial charge in [-0.25, -0.2) is 9.78 Å². The molecule has 0 unspecified atom stereocenters. The Hall–Kier alpha value is -1.93. The van der Waals surface area contributed by atoms with Crippen LogP contribution in [-0.4, -0.2) is 38.4 Å². The lowest BCUT2D eigenvalue weighted by Gasteiger charge is -2.20. The molecule has 8 heteroatoms. The summed E-state index contributed by atoms with van der Waals surface area (Å²) in [6.07, 6.45) is 0.351. The molecular formula is C12H14BFN2O4. The van der Waals surface area contributed by atoms with Crippen molar-refractivity contribution in [3.8, 4) is 0 Å². The van der Waals surface area contributed by atoms with Gasteiger partial charge >= 0.3 is 13.2 Å². The standard InChI is InChI=1S/C12H14BFN2O4/c1-12(2,3)20-11(17)16-8-6-15-10(14)5-7(8)4-9(16)13(18)19/h4-6,18-19H,1-3H3. The first-order chi connectivity index (χ1) is 9.19. The highest BCUT2D eigenvalue weighted by Crippen LogP contribution is 2.17. The lowest BCUT2D eigenvalue weighted by atomic mass is 9.86. The number of halogens is 1. The van der Waals surface area contributed by atoms with E-state index in [1.165, 1.54) is 6.07 Å². The fourth-order valence-corrected chi connectivity index (χ4v) is 1.80. The first kappa shape index (κ1) is 14.5. The molecule has 0 spiro atoms. The molecule has 2 rings (SSSR count). The van der Waals surface area contributed by atoms with Crippen molar-refractivity contribution < 1.29 is 24.0 Å². The second-order valence-corrected chi connectivity index (χ2v) is 5.32. The van der Waals surface area contributed by atoms with Crippen LogP contribution in [0.4, 0.5) is 9.18 Å². The van der Waals surface area contributed by atoms with Crippen LogP contribution in [-0.2, 0) is 4.74 Å². The van der Waals surface area contributed by atoms with Gasteiger partial charge in [0.1, 0.15) is 5.60 Å². The van der Waals surface area contributed by atoms with Crippen LogP contribution >= 0.6 is 0 Å². The topological polar surface area (TPSA) is 84.6 Å². The molecule has 2 aromatic heterocycles. The number of carbonyl (C=O) groups excluding carboxylic acids is 1. The van der Waals surface area contributed by atoms with Gasteiger partial charge in [0.15, 0.2) is 0 Å². The maximum atomic E-state index is 13.1. The molecule has 0 atom stereocenters. The van der Waals surface area contributed by atoms with Crippen LogP contribution in [0, 0.1) is 5.95 Å². The van der Waals surface area contributed by atoms with Crippen LogP contribution in [0.3, 0.4) is 0 Å². The Kier molecular flexibility index (Phi) is 3.53.